The van der Waals surface area contributed by atoms with E-state index in [1.807, 2.05) is 0 Å². The molecule has 5 fully saturated rings. The highest BCUT2D eigenvalue weighted by Crippen LogP contribution is 2.27. The van der Waals surface area contributed by atoms with Crippen LogP contribution in [0.3, 0.4) is 0 Å². The van der Waals surface area contributed by atoms with E-state index in [1.165, 1.54) is 20.8 Å². The van der Waals surface area contributed by atoms with Gasteiger partial charge >= 0.3 is 0 Å². The van der Waals surface area contributed by atoms with Gasteiger partial charge in [0, 0.05) is 91.9 Å². The minimum Gasteiger partial charge on any atom is -0.394 e. The number of hydrogen-bond acceptors (Lipinski definition) is 32. The first-order valence-corrected chi connectivity index (χ1v) is 34.7. The molecule has 590 valence electrons. The largest absolute Gasteiger partial charge is 0.394 e. The van der Waals surface area contributed by atoms with Crippen molar-refractivity contribution in [2.45, 2.75) is 163 Å². The lowest BCUT2D eigenvalue weighted by Crippen LogP contribution is -2.64. The molecule has 16 N–H and O–H groups in total. The quantitative estimate of drug-likeness (QED) is 0.0252. The van der Waals surface area contributed by atoms with E-state index in [-0.39, 0.29) is 182 Å². The van der Waals surface area contributed by atoms with Gasteiger partial charge in [-0.3, -0.25) is 38.5 Å². The summed E-state index contributed by atoms with van der Waals surface area (Å²) in [5.74, 6) is -2.84. The highest BCUT2D eigenvalue weighted by molar-refractivity contribution is 5.77. The number of nitrogens with one attached hydrogen (secondary N) is 6. The van der Waals surface area contributed by atoms with Crippen molar-refractivity contribution in [2.24, 2.45) is 5.41 Å². The maximum atomic E-state index is 13.6. The van der Waals surface area contributed by atoms with Crippen LogP contribution >= 0.6 is 0 Å². The Balaban J connectivity index is 1.14. The van der Waals surface area contributed by atoms with E-state index in [0.717, 1.165) is 19.4 Å². The Morgan fingerprint density at radius 3 is 1.09 bits per heavy atom. The summed E-state index contributed by atoms with van der Waals surface area (Å²) in [6.45, 7) is 3.99. The number of hydrogen-bond donors (Lipinski definition) is 16. The summed E-state index contributed by atoms with van der Waals surface area (Å²) in [5, 5.41) is 117. The molecule has 0 saturated carbocycles. The lowest BCUT2D eigenvalue weighted by Gasteiger charge is -2.42. The zero-order valence-corrected chi connectivity index (χ0v) is 58.5. The van der Waals surface area contributed by atoms with Crippen molar-refractivity contribution in [2.75, 3.05) is 191 Å². The summed E-state index contributed by atoms with van der Waals surface area (Å²) in [6.07, 6.45) is -15.1. The van der Waals surface area contributed by atoms with E-state index >= 15 is 0 Å². The number of piperidine rings is 1. The van der Waals surface area contributed by atoms with E-state index in [9.17, 15) is 84.6 Å². The number of aliphatic hydroxyl groups excluding tert-OH is 10. The molecule has 5 aliphatic rings. The lowest BCUT2D eigenvalue weighted by atomic mass is 9.92. The van der Waals surface area contributed by atoms with Gasteiger partial charge in [0.2, 0.25) is 41.4 Å². The van der Waals surface area contributed by atoms with Crippen LogP contribution in [-0.4, -0.2) is 397 Å². The van der Waals surface area contributed by atoms with E-state index in [4.69, 9.17) is 66.3 Å². The molecule has 39 heteroatoms. The van der Waals surface area contributed by atoms with Gasteiger partial charge in [0.1, 0.15) is 73.1 Å². The van der Waals surface area contributed by atoms with Crippen molar-refractivity contribution in [3.63, 3.8) is 0 Å². The lowest BCUT2D eigenvalue weighted by molar-refractivity contribution is -0.272. The third-order valence-corrected chi connectivity index (χ3v) is 17.2. The van der Waals surface area contributed by atoms with Crippen molar-refractivity contribution >= 4 is 41.4 Å². The fraction of sp³-hybridized carbons (Fsp3) is 0.889. The van der Waals surface area contributed by atoms with Crippen molar-refractivity contribution in [3.05, 3.63) is 0 Å². The molecule has 5 saturated heterocycles. The normalized spacial score (nSPS) is 28.6. The van der Waals surface area contributed by atoms with Crippen LogP contribution in [0.4, 0.5) is 0 Å². The van der Waals surface area contributed by atoms with Crippen LogP contribution < -0.4 is 31.9 Å². The van der Waals surface area contributed by atoms with Crippen molar-refractivity contribution < 1.29 is 151 Å². The molecule has 102 heavy (non-hydrogen) atoms. The third kappa shape index (κ3) is 31.0. The minimum atomic E-state index is -1.49. The topological polar surface area (TPSA) is 530 Å². The molecular formula is C63H112N8O31. The maximum absolute atomic E-state index is 13.6. The monoisotopic (exact) mass is 1480 g/mol. The van der Waals surface area contributed by atoms with E-state index in [0.29, 0.717) is 26.2 Å². The standard InChI is InChI=1S/C63H112N8O31/c1-39(76)67-51-57(86)54(83)44(32-73)100-60(51)97-27-24-89-20-10-64-47(79)6-16-92-35-63(38-95-19-9-50(82)70-13-4-42(5-14-70)71-15-23-96-43(30-71)31-72,36-93-17-7-48(80)65-11-21-90-25-28-98-61-52(68-40(2)77)58(87)55(84)45(33-74)101-61)37-94-18-8-49(81)66-12-22-91-26-29-99-62-53(69-41(3)78)59(88)56(85)46(34-75)102-62/h42-46,51-62,72-75,83-88H,4-38H2,1-3H3,(H,64,79)(H,65,80)(H,66,81)(H,67,76)(H,68,77)(H,69,78)/t43-,44?,45?,46?,51?,52?,53?,54?,55?,56?,57?,58?,59?,60?,61?,62?,63?/m0/s1. The number of nitrogens with zero attached hydrogens (tertiary/aromatic N) is 2. The molecule has 0 aromatic carbocycles. The fourth-order valence-corrected chi connectivity index (χ4v) is 11.7. The Hall–Kier alpha value is -4.71. The van der Waals surface area contributed by atoms with Crippen molar-refractivity contribution in [1.29, 1.82) is 0 Å². The van der Waals surface area contributed by atoms with Gasteiger partial charge in [-0.2, -0.15) is 0 Å². The average Bonchev–Trinajstić information content (AvgIpc) is 0.822. The van der Waals surface area contributed by atoms with Gasteiger partial charge in [-0.15, -0.1) is 0 Å². The summed E-state index contributed by atoms with van der Waals surface area (Å²) in [5.41, 5.74) is -1.16. The van der Waals surface area contributed by atoms with Crippen LogP contribution in [0.2, 0.25) is 0 Å². The van der Waals surface area contributed by atoms with Gasteiger partial charge in [-0.1, -0.05) is 0 Å². The molecule has 5 heterocycles. The van der Waals surface area contributed by atoms with Crippen LogP contribution in [0.1, 0.15) is 59.3 Å². The summed E-state index contributed by atoms with van der Waals surface area (Å²) in [6, 6.07) is -3.16. The van der Waals surface area contributed by atoms with Gasteiger partial charge < -0.3 is 154 Å². The number of carbonyl (C=O) groups is 7. The highest BCUT2D eigenvalue weighted by atomic mass is 16.7. The number of carbonyl (C=O) groups excluding carboxylic acids is 7. The third-order valence-electron chi connectivity index (χ3n) is 17.2. The summed E-state index contributed by atoms with van der Waals surface area (Å²) in [7, 11) is 0. The van der Waals surface area contributed by atoms with Gasteiger partial charge in [0.05, 0.1) is 163 Å². The van der Waals surface area contributed by atoms with Crippen LogP contribution in [0.5, 0.6) is 0 Å². The molecule has 0 aliphatic carbocycles. The zero-order chi connectivity index (χ0) is 74.4. The molecule has 0 aromatic heterocycles. The predicted octanol–water partition coefficient (Wildman–Crippen LogP) is -9.44. The van der Waals surface area contributed by atoms with Gasteiger partial charge in [-0.05, 0) is 12.8 Å². The van der Waals surface area contributed by atoms with E-state index < -0.39 is 153 Å². The molecule has 15 unspecified atom stereocenters. The summed E-state index contributed by atoms with van der Waals surface area (Å²) in [4.78, 5) is 92.2. The Labute approximate surface area is 592 Å². The van der Waals surface area contributed by atoms with E-state index in [1.54, 1.807) is 4.90 Å². The van der Waals surface area contributed by atoms with Crippen LogP contribution in [0.25, 0.3) is 0 Å². The molecule has 7 amide bonds. The maximum Gasteiger partial charge on any atom is 0.224 e. The van der Waals surface area contributed by atoms with Gasteiger partial charge in [-0.25, -0.2) is 0 Å². The highest BCUT2D eigenvalue weighted by Gasteiger charge is 2.48. The second-order valence-corrected chi connectivity index (χ2v) is 25.3. The predicted molar refractivity (Wildman–Crippen MR) is 348 cm³/mol. The Bertz CT molecular complexity index is 2230. The number of ether oxygens (including phenoxy) is 14. The summed E-state index contributed by atoms with van der Waals surface area (Å²) >= 11 is 0. The second-order valence-electron chi connectivity index (χ2n) is 25.3. The smallest absolute Gasteiger partial charge is 0.224 e. The summed E-state index contributed by atoms with van der Waals surface area (Å²) < 4.78 is 80.7. The minimum absolute atomic E-state index is 0.000924. The van der Waals surface area contributed by atoms with Gasteiger partial charge in [0.15, 0.2) is 18.9 Å². The molecule has 0 radical (unpaired) electrons. The van der Waals surface area contributed by atoms with Crippen molar-refractivity contribution in [3.8, 4) is 0 Å². The Morgan fingerprint density at radius 1 is 0.422 bits per heavy atom. The molecule has 5 rings (SSSR count). The number of morpholine rings is 1. The molecule has 16 atom stereocenters. The average molecular weight is 1480 g/mol. The first-order chi connectivity index (χ1) is 49.0. The number of amides is 7. The molecule has 39 nitrogen and oxygen atoms in total. The molecule has 0 bridgehead atoms. The SMILES string of the molecule is CC(=O)NC1C(OCCOCCNC(=O)CCOCC(COCCC(=O)NCCOCCOC2OC(CO)C(O)C(O)C2NC(C)=O)(COCCC(=O)NCCOCCOC2OC(CO)C(O)C(O)C2NC(C)=O)COCCC(=O)N2CCC(N3CCO[C@H](CO)C3)CC2)OC(CO)C(O)C1O. The molecule has 0 aromatic rings. The second kappa shape index (κ2) is 48.5. The van der Waals surface area contributed by atoms with Crippen LogP contribution in [0, 0.1) is 5.41 Å². The molecule has 5 aliphatic heterocycles. The first-order valence-electron chi connectivity index (χ1n) is 34.7. The fourth-order valence-electron chi connectivity index (χ4n) is 11.7. The van der Waals surface area contributed by atoms with Crippen molar-refractivity contribution in [1.82, 2.24) is 41.7 Å². The van der Waals surface area contributed by atoms with Crippen LogP contribution in [-0.2, 0) is 99.9 Å². The Morgan fingerprint density at radius 2 is 0.765 bits per heavy atom. The first kappa shape index (κ1) is 87.9. The number of aliphatic hydroxyl groups is 10. The molecule has 0 spiro atoms. The van der Waals surface area contributed by atoms with Gasteiger partial charge in [0.25, 0.3) is 0 Å². The number of likely N-dealkylation sites (tertiary alicyclic amines) is 1. The van der Waals surface area contributed by atoms with E-state index in [2.05, 4.69) is 36.8 Å². The number of rotatable bonds is 49. The molecular weight excluding hydrogens is 1360 g/mol. The zero-order valence-electron chi connectivity index (χ0n) is 58.5. The Kier molecular flexibility index (Phi) is 41.8. The van der Waals surface area contributed by atoms with Crippen LogP contribution in [0.15, 0.2) is 0 Å².